The summed E-state index contributed by atoms with van der Waals surface area (Å²) in [5, 5.41) is 3.09. The number of nitrogens with zero attached hydrogens (tertiary/aromatic N) is 2. The first kappa shape index (κ1) is 22.3. The zero-order chi connectivity index (χ0) is 23.6. The molecule has 6 rings (SSSR count). The molecule has 2 N–H and O–H groups in total. The molecule has 3 aliphatic rings. The van der Waals surface area contributed by atoms with Gasteiger partial charge in [-0.15, -0.1) is 0 Å². The third-order valence-electron chi connectivity index (χ3n) is 7.55. The van der Waals surface area contributed by atoms with E-state index in [4.69, 9.17) is 4.74 Å². The zero-order valence-corrected chi connectivity index (χ0v) is 20.1. The number of ether oxygens (including phenoxy) is 1. The number of nitrogens with one attached hydrogen (secondary N) is 2. The number of pyridine rings is 1. The van der Waals surface area contributed by atoms with Crippen molar-refractivity contribution in [2.75, 3.05) is 38.2 Å². The third-order valence-corrected chi connectivity index (χ3v) is 7.55. The lowest BCUT2D eigenvalue weighted by Crippen LogP contribution is -2.37. The SMILES string of the molecule is O=C1Nc2cccc(-c3ccncc3)c2C1=Cc1[nH]c2c(c1CCCN1CCOCC1)CCCC2. The van der Waals surface area contributed by atoms with Gasteiger partial charge in [-0.25, -0.2) is 0 Å². The maximum absolute atomic E-state index is 13.2. The Kier molecular flexibility index (Phi) is 6.23. The number of fused-ring (bicyclic) bond motifs is 2. The summed E-state index contributed by atoms with van der Waals surface area (Å²) in [6.45, 7) is 4.82. The van der Waals surface area contributed by atoms with Crippen LogP contribution >= 0.6 is 0 Å². The molecule has 6 nitrogen and oxygen atoms in total. The topological polar surface area (TPSA) is 70.2 Å². The second-order valence-electron chi connectivity index (χ2n) is 9.72. The molecule has 2 aromatic heterocycles. The van der Waals surface area contributed by atoms with Crippen molar-refractivity contribution < 1.29 is 9.53 Å². The molecule has 2 aliphatic heterocycles. The van der Waals surface area contributed by atoms with Crippen LogP contribution in [0.15, 0.2) is 42.7 Å². The van der Waals surface area contributed by atoms with Gasteiger partial charge in [0.05, 0.1) is 18.8 Å². The Morgan fingerprint density at radius 3 is 2.74 bits per heavy atom. The van der Waals surface area contributed by atoms with Crippen LogP contribution in [0.4, 0.5) is 5.69 Å². The van der Waals surface area contributed by atoms with Crippen LogP contribution in [0.2, 0.25) is 0 Å². The summed E-state index contributed by atoms with van der Waals surface area (Å²) in [5.74, 6) is -0.0339. The number of amides is 1. The summed E-state index contributed by atoms with van der Waals surface area (Å²) >= 11 is 0. The van der Waals surface area contributed by atoms with Gasteiger partial charge in [-0.1, -0.05) is 12.1 Å². The molecule has 0 saturated carbocycles. The summed E-state index contributed by atoms with van der Waals surface area (Å²) in [7, 11) is 0. The first-order valence-corrected chi connectivity index (χ1v) is 12.9. The van der Waals surface area contributed by atoms with E-state index in [1.165, 1.54) is 29.7 Å². The van der Waals surface area contributed by atoms with E-state index in [9.17, 15) is 4.79 Å². The molecular weight excluding hydrogens is 436 g/mol. The standard InChI is InChI=1S/C29H32N4O2/c34-29-24(28-21(6-3-9-26(28)32-29)20-10-12-30-13-11-20)19-27-23(22-5-1-2-8-25(22)31-27)7-4-14-33-15-17-35-18-16-33/h3,6,9-13,19,31H,1-2,4-5,7-8,14-18H2,(H,32,34). The van der Waals surface area contributed by atoms with Crippen LogP contribution in [0.5, 0.6) is 0 Å². The minimum atomic E-state index is -0.0339. The van der Waals surface area contributed by atoms with Gasteiger partial charge in [0.1, 0.15) is 0 Å². The number of aryl methyl sites for hydroxylation is 1. The summed E-state index contributed by atoms with van der Waals surface area (Å²) in [4.78, 5) is 23.6. The van der Waals surface area contributed by atoms with Gasteiger partial charge < -0.3 is 15.0 Å². The molecule has 4 heterocycles. The lowest BCUT2D eigenvalue weighted by atomic mass is 9.91. The Bertz CT molecular complexity index is 1260. The highest BCUT2D eigenvalue weighted by molar-refractivity contribution is 6.36. The number of aromatic amines is 1. The smallest absolute Gasteiger partial charge is 0.256 e. The molecule has 6 heteroatoms. The molecule has 0 atom stereocenters. The minimum absolute atomic E-state index is 0.0339. The van der Waals surface area contributed by atoms with E-state index in [2.05, 4.69) is 32.3 Å². The maximum Gasteiger partial charge on any atom is 0.256 e. The number of aromatic nitrogens is 2. The second-order valence-corrected chi connectivity index (χ2v) is 9.72. The zero-order valence-electron chi connectivity index (χ0n) is 20.1. The molecule has 0 spiro atoms. The van der Waals surface area contributed by atoms with Gasteiger partial charge in [0, 0.05) is 48.1 Å². The summed E-state index contributed by atoms with van der Waals surface area (Å²) in [6.07, 6.45) is 12.6. The number of carbonyl (C=O) groups excluding carboxylic acids is 1. The molecule has 35 heavy (non-hydrogen) atoms. The monoisotopic (exact) mass is 468 g/mol. The number of hydrogen-bond acceptors (Lipinski definition) is 4. The van der Waals surface area contributed by atoms with E-state index in [1.807, 2.05) is 24.3 Å². The largest absolute Gasteiger partial charge is 0.379 e. The molecule has 1 amide bonds. The Balaban J connectivity index is 1.36. The molecule has 0 bridgehead atoms. The predicted molar refractivity (Wildman–Crippen MR) is 139 cm³/mol. The van der Waals surface area contributed by atoms with Crippen LogP contribution in [-0.2, 0) is 28.8 Å². The highest BCUT2D eigenvalue weighted by Crippen LogP contribution is 2.41. The van der Waals surface area contributed by atoms with Crippen molar-refractivity contribution in [1.82, 2.24) is 14.9 Å². The van der Waals surface area contributed by atoms with Crippen LogP contribution in [0.1, 0.15) is 47.3 Å². The number of morpholine rings is 1. The minimum Gasteiger partial charge on any atom is -0.379 e. The lowest BCUT2D eigenvalue weighted by molar-refractivity contribution is -0.110. The van der Waals surface area contributed by atoms with Crippen molar-refractivity contribution in [3.8, 4) is 11.1 Å². The van der Waals surface area contributed by atoms with Gasteiger partial charge in [0.2, 0.25) is 0 Å². The van der Waals surface area contributed by atoms with Gasteiger partial charge in [0.25, 0.3) is 5.91 Å². The Hall–Kier alpha value is -3.22. The Morgan fingerprint density at radius 1 is 1.06 bits per heavy atom. The molecular formula is C29H32N4O2. The van der Waals surface area contributed by atoms with Crippen LogP contribution < -0.4 is 5.32 Å². The first-order valence-electron chi connectivity index (χ1n) is 12.9. The van der Waals surface area contributed by atoms with E-state index in [0.717, 1.165) is 92.2 Å². The van der Waals surface area contributed by atoms with Gasteiger partial charge in [-0.05, 0) is 91.6 Å². The van der Waals surface area contributed by atoms with Gasteiger partial charge in [0.15, 0.2) is 0 Å². The van der Waals surface area contributed by atoms with Crippen molar-refractivity contribution >= 4 is 23.2 Å². The summed E-state index contributed by atoms with van der Waals surface area (Å²) in [6, 6.07) is 10.1. The molecule has 1 aliphatic carbocycles. The Morgan fingerprint density at radius 2 is 1.89 bits per heavy atom. The average Bonchev–Trinajstić information content (AvgIpc) is 3.42. The van der Waals surface area contributed by atoms with Crippen LogP contribution in [0.25, 0.3) is 22.8 Å². The summed E-state index contributed by atoms with van der Waals surface area (Å²) < 4.78 is 5.50. The van der Waals surface area contributed by atoms with Crippen molar-refractivity contribution in [2.24, 2.45) is 0 Å². The van der Waals surface area contributed by atoms with E-state index < -0.39 is 0 Å². The molecule has 1 fully saturated rings. The highest BCUT2D eigenvalue weighted by atomic mass is 16.5. The molecule has 0 unspecified atom stereocenters. The van der Waals surface area contributed by atoms with Crippen molar-refractivity contribution in [3.63, 3.8) is 0 Å². The number of anilines is 1. The van der Waals surface area contributed by atoms with Crippen molar-refractivity contribution in [3.05, 3.63) is 70.8 Å². The summed E-state index contributed by atoms with van der Waals surface area (Å²) in [5.41, 5.74) is 10.1. The molecule has 180 valence electrons. The van der Waals surface area contributed by atoms with E-state index in [-0.39, 0.29) is 5.91 Å². The van der Waals surface area contributed by atoms with Crippen LogP contribution in [0, 0.1) is 0 Å². The molecule has 3 aromatic rings. The number of carbonyl (C=O) groups is 1. The Labute approximate surface area is 206 Å². The molecule has 1 saturated heterocycles. The molecule has 1 aromatic carbocycles. The fraction of sp³-hybridized carbons (Fsp3) is 0.379. The number of H-pyrrole nitrogens is 1. The number of benzene rings is 1. The average molecular weight is 469 g/mol. The normalized spacial score (nSPS) is 19.0. The van der Waals surface area contributed by atoms with Crippen molar-refractivity contribution in [2.45, 2.75) is 38.5 Å². The van der Waals surface area contributed by atoms with Gasteiger partial charge in [-0.2, -0.15) is 0 Å². The number of hydrogen-bond donors (Lipinski definition) is 2. The molecule has 0 radical (unpaired) electrons. The van der Waals surface area contributed by atoms with Crippen molar-refractivity contribution in [1.29, 1.82) is 0 Å². The van der Waals surface area contributed by atoms with E-state index >= 15 is 0 Å². The van der Waals surface area contributed by atoms with Crippen LogP contribution in [-0.4, -0.2) is 53.6 Å². The fourth-order valence-corrected chi connectivity index (χ4v) is 5.79. The maximum atomic E-state index is 13.2. The number of rotatable bonds is 6. The van der Waals surface area contributed by atoms with Crippen LogP contribution in [0.3, 0.4) is 0 Å². The second kappa shape index (κ2) is 9.80. The quantitative estimate of drug-likeness (QED) is 0.514. The van der Waals surface area contributed by atoms with Gasteiger partial charge >= 0.3 is 0 Å². The third kappa shape index (κ3) is 4.44. The fourth-order valence-electron chi connectivity index (χ4n) is 5.79. The highest BCUT2D eigenvalue weighted by Gasteiger charge is 2.28. The van der Waals surface area contributed by atoms with Gasteiger partial charge in [-0.3, -0.25) is 14.7 Å². The predicted octanol–water partition coefficient (Wildman–Crippen LogP) is 4.71. The van der Waals surface area contributed by atoms with E-state index in [1.54, 1.807) is 12.4 Å². The lowest BCUT2D eigenvalue weighted by Gasteiger charge is -2.26. The first-order chi connectivity index (χ1) is 17.3. The van der Waals surface area contributed by atoms with E-state index in [0.29, 0.717) is 0 Å².